The molecule has 3 nitrogen and oxygen atoms in total. The quantitative estimate of drug-likeness (QED) is 0.791. The fourth-order valence-corrected chi connectivity index (χ4v) is 3.20. The van der Waals surface area contributed by atoms with Crippen molar-refractivity contribution >= 4 is 5.91 Å². The van der Waals surface area contributed by atoms with E-state index in [0.717, 1.165) is 38.9 Å². The Hall–Kier alpha value is -1.09. The highest BCUT2D eigenvalue weighted by Crippen LogP contribution is 2.29. The van der Waals surface area contributed by atoms with Crippen LogP contribution in [0.4, 0.5) is 0 Å². The second-order valence-electron chi connectivity index (χ2n) is 6.16. The Kier molecular flexibility index (Phi) is 4.81. The zero-order valence-electron chi connectivity index (χ0n) is 12.0. The smallest absolute Gasteiger partial charge is 0.221 e. The van der Waals surface area contributed by atoms with E-state index in [-0.39, 0.29) is 11.8 Å². The van der Waals surface area contributed by atoms with Gasteiger partial charge in [0.15, 0.2) is 0 Å². The minimum absolute atomic E-state index is 0.0566. The van der Waals surface area contributed by atoms with Crippen LogP contribution in [0.25, 0.3) is 0 Å². The highest BCUT2D eigenvalue weighted by atomic mass is 16.1. The standard InChI is InChI=1S/C16H26N2O/c1-12(2)14-7-5-13(6-8-14)10-18-9-3-4-15(11-18)16(17)19/h5,14-15H,1,3-4,6-11H2,2H3,(H2,17,19)/t14-,15+/m0/s1. The third kappa shape index (κ3) is 3.93. The Balaban J connectivity index is 1.85. The Labute approximate surface area is 116 Å². The van der Waals surface area contributed by atoms with E-state index in [2.05, 4.69) is 24.5 Å². The molecule has 2 N–H and O–H groups in total. The number of carbonyl (C=O) groups is 1. The van der Waals surface area contributed by atoms with E-state index in [4.69, 9.17) is 5.73 Å². The minimum atomic E-state index is -0.135. The van der Waals surface area contributed by atoms with E-state index in [0.29, 0.717) is 5.92 Å². The van der Waals surface area contributed by atoms with E-state index >= 15 is 0 Å². The maximum Gasteiger partial charge on any atom is 0.221 e. The van der Waals surface area contributed by atoms with E-state index in [1.165, 1.54) is 24.0 Å². The lowest BCUT2D eigenvalue weighted by molar-refractivity contribution is -0.123. The van der Waals surface area contributed by atoms with E-state index in [1.807, 2.05) is 0 Å². The number of carbonyl (C=O) groups excluding carboxylic acids is 1. The van der Waals surface area contributed by atoms with Gasteiger partial charge in [-0.1, -0.05) is 23.8 Å². The molecule has 1 aliphatic heterocycles. The van der Waals surface area contributed by atoms with Gasteiger partial charge in [-0.25, -0.2) is 0 Å². The second kappa shape index (κ2) is 6.38. The van der Waals surface area contributed by atoms with Crippen molar-refractivity contribution in [1.82, 2.24) is 4.90 Å². The summed E-state index contributed by atoms with van der Waals surface area (Å²) in [6, 6.07) is 0. The summed E-state index contributed by atoms with van der Waals surface area (Å²) in [5.41, 5.74) is 8.26. The average Bonchev–Trinajstić information content (AvgIpc) is 2.39. The summed E-state index contributed by atoms with van der Waals surface area (Å²) >= 11 is 0. The van der Waals surface area contributed by atoms with Gasteiger partial charge in [0.2, 0.25) is 5.91 Å². The molecule has 3 heteroatoms. The van der Waals surface area contributed by atoms with Crippen LogP contribution in [0.3, 0.4) is 0 Å². The van der Waals surface area contributed by atoms with Crippen LogP contribution in [0.15, 0.2) is 23.8 Å². The molecule has 2 atom stereocenters. The van der Waals surface area contributed by atoms with Gasteiger partial charge in [-0.05, 0) is 51.5 Å². The first kappa shape index (κ1) is 14.3. The predicted octanol–water partition coefficient (Wildman–Crippen LogP) is 2.49. The van der Waals surface area contributed by atoms with Crippen molar-refractivity contribution < 1.29 is 4.79 Å². The highest BCUT2D eigenvalue weighted by molar-refractivity contribution is 5.76. The number of nitrogens with zero attached hydrogens (tertiary/aromatic N) is 1. The Bertz CT molecular complexity index is 386. The molecule has 1 heterocycles. The molecule has 0 aromatic rings. The first-order chi connectivity index (χ1) is 9.06. The third-order valence-corrected chi connectivity index (χ3v) is 4.54. The number of primary amides is 1. The van der Waals surface area contributed by atoms with Gasteiger partial charge in [0.1, 0.15) is 0 Å². The first-order valence-corrected chi connectivity index (χ1v) is 7.41. The number of piperidine rings is 1. The van der Waals surface area contributed by atoms with E-state index in [9.17, 15) is 4.79 Å². The molecule has 1 aliphatic carbocycles. The molecular weight excluding hydrogens is 236 g/mol. The molecule has 2 aliphatic rings. The number of allylic oxidation sites excluding steroid dienone is 2. The number of amides is 1. The van der Waals surface area contributed by atoms with Crippen molar-refractivity contribution in [3.05, 3.63) is 23.8 Å². The molecule has 1 amide bonds. The number of nitrogens with two attached hydrogens (primary N) is 1. The van der Waals surface area contributed by atoms with Gasteiger partial charge in [-0.2, -0.15) is 0 Å². The summed E-state index contributed by atoms with van der Waals surface area (Å²) in [4.78, 5) is 13.7. The van der Waals surface area contributed by atoms with Crippen molar-refractivity contribution in [2.24, 2.45) is 17.6 Å². The Morgan fingerprint density at radius 2 is 2.26 bits per heavy atom. The topological polar surface area (TPSA) is 46.3 Å². The van der Waals surface area contributed by atoms with Crippen LogP contribution < -0.4 is 5.73 Å². The maximum absolute atomic E-state index is 11.3. The molecule has 0 aromatic heterocycles. The Morgan fingerprint density at radius 1 is 1.47 bits per heavy atom. The number of hydrogen-bond donors (Lipinski definition) is 1. The van der Waals surface area contributed by atoms with Gasteiger partial charge in [-0.15, -0.1) is 0 Å². The van der Waals surface area contributed by atoms with Crippen molar-refractivity contribution in [1.29, 1.82) is 0 Å². The van der Waals surface area contributed by atoms with Crippen molar-refractivity contribution in [2.45, 2.75) is 39.0 Å². The Morgan fingerprint density at radius 3 is 2.84 bits per heavy atom. The van der Waals surface area contributed by atoms with Crippen LogP contribution in [-0.4, -0.2) is 30.4 Å². The number of rotatable bonds is 4. The van der Waals surface area contributed by atoms with Crippen molar-refractivity contribution in [3.8, 4) is 0 Å². The van der Waals surface area contributed by atoms with Crippen LogP contribution in [0, 0.1) is 11.8 Å². The maximum atomic E-state index is 11.3. The monoisotopic (exact) mass is 262 g/mol. The largest absolute Gasteiger partial charge is 0.369 e. The van der Waals surface area contributed by atoms with Gasteiger partial charge >= 0.3 is 0 Å². The fraction of sp³-hybridized carbons (Fsp3) is 0.688. The van der Waals surface area contributed by atoms with Crippen LogP contribution in [0.1, 0.15) is 39.0 Å². The van der Waals surface area contributed by atoms with Crippen molar-refractivity contribution in [3.63, 3.8) is 0 Å². The first-order valence-electron chi connectivity index (χ1n) is 7.41. The minimum Gasteiger partial charge on any atom is -0.369 e. The van der Waals surface area contributed by atoms with Crippen LogP contribution in [0.2, 0.25) is 0 Å². The summed E-state index contributed by atoms with van der Waals surface area (Å²) in [6.07, 6.45) is 7.98. The average molecular weight is 262 g/mol. The molecular formula is C16H26N2O. The number of likely N-dealkylation sites (tertiary alicyclic amines) is 1. The van der Waals surface area contributed by atoms with E-state index < -0.39 is 0 Å². The predicted molar refractivity (Wildman–Crippen MR) is 78.6 cm³/mol. The molecule has 2 rings (SSSR count). The lowest BCUT2D eigenvalue weighted by atomic mass is 9.85. The summed E-state index contributed by atoms with van der Waals surface area (Å²) in [7, 11) is 0. The second-order valence-corrected chi connectivity index (χ2v) is 6.16. The molecule has 0 saturated carbocycles. The SMILES string of the molecule is C=C(C)[C@H]1CC=C(CN2CCC[C@@H](C(N)=O)C2)CC1. The molecule has 106 valence electrons. The van der Waals surface area contributed by atoms with Crippen LogP contribution in [-0.2, 0) is 4.79 Å². The zero-order chi connectivity index (χ0) is 13.8. The van der Waals surface area contributed by atoms with Gasteiger partial charge in [0.25, 0.3) is 0 Å². The van der Waals surface area contributed by atoms with Crippen molar-refractivity contribution in [2.75, 3.05) is 19.6 Å². The molecule has 0 spiro atoms. The molecule has 1 saturated heterocycles. The molecule has 0 unspecified atom stereocenters. The third-order valence-electron chi connectivity index (χ3n) is 4.54. The van der Waals surface area contributed by atoms with Crippen LogP contribution in [0.5, 0.6) is 0 Å². The van der Waals surface area contributed by atoms with Gasteiger partial charge in [0, 0.05) is 13.1 Å². The number of hydrogen-bond acceptors (Lipinski definition) is 2. The van der Waals surface area contributed by atoms with Gasteiger partial charge in [0.05, 0.1) is 5.92 Å². The fourth-order valence-electron chi connectivity index (χ4n) is 3.20. The van der Waals surface area contributed by atoms with Gasteiger partial charge in [-0.3, -0.25) is 9.69 Å². The zero-order valence-corrected chi connectivity index (χ0v) is 12.0. The molecule has 19 heavy (non-hydrogen) atoms. The molecule has 0 radical (unpaired) electrons. The summed E-state index contributed by atoms with van der Waals surface area (Å²) in [5.74, 6) is 0.592. The van der Waals surface area contributed by atoms with Crippen LogP contribution >= 0.6 is 0 Å². The lowest BCUT2D eigenvalue weighted by Crippen LogP contribution is -2.42. The van der Waals surface area contributed by atoms with E-state index in [1.54, 1.807) is 0 Å². The lowest BCUT2D eigenvalue weighted by Gasteiger charge is -2.33. The molecule has 0 bridgehead atoms. The molecule has 1 fully saturated rings. The van der Waals surface area contributed by atoms with Gasteiger partial charge < -0.3 is 5.73 Å². The summed E-state index contributed by atoms with van der Waals surface area (Å²) in [6.45, 7) is 9.15. The summed E-state index contributed by atoms with van der Waals surface area (Å²) in [5, 5.41) is 0. The normalized spacial score (nSPS) is 28.8. The summed E-state index contributed by atoms with van der Waals surface area (Å²) < 4.78 is 0. The molecule has 0 aromatic carbocycles. The highest BCUT2D eigenvalue weighted by Gasteiger charge is 2.25.